The van der Waals surface area contributed by atoms with E-state index >= 15 is 0 Å². The van der Waals surface area contributed by atoms with Gasteiger partial charge in [-0.3, -0.25) is 14.3 Å². The molecule has 4 N–H and O–H groups in total. The predicted octanol–water partition coefficient (Wildman–Crippen LogP) is 1.57. The second kappa shape index (κ2) is 9.75. The molecule has 3 heterocycles. The van der Waals surface area contributed by atoms with E-state index < -0.39 is 11.2 Å². The summed E-state index contributed by atoms with van der Waals surface area (Å²) in [6.07, 6.45) is 5.25. The number of hydrogen-bond acceptors (Lipinski definition) is 6. The second-order valence-electron chi connectivity index (χ2n) is 6.98. The minimum atomic E-state index is -0.590. The lowest BCUT2D eigenvalue weighted by atomic mass is 10.2. The van der Waals surface area contributed by atoms with Gasteiger partial charge in [-0.2, -0.15) is 0 Å². The number of nitrogens with two attached hydrogens (primary N) is 1. The first-order chi connectivity index (χ1) is 14.0. The highest BCUT2D eigenvalue weighted by molar-refractivity contribution is 7.80. The molecule has 1 saturated heterocycles. The number of H-pyrrole nitrogens is 1. The third-order valence-corrected chi connectivity index (χ3v) is 5.23. The lowest BCUT2D eigenvalue weighted by Crippen LogP contribution is -2.46. The molecule has 0 amide bonds. The third kappa shape index (κ3) is 5.07. The van der Waals surface area contributed by atoms with Crippen LogP contribution < -0.4 is 27.2 Å². The second-order valence-corrected chi connectivity index (χ2v) is 7.37. The standard InChI is InChI=1S/C19H27N5O4S/c1-2-3-8-23-16(20)15(17(25)22-18(23)26)24(12-14-7-5-10-28-14)19(29)21-11-13-6-4-9-27-13/h5,7,10,13H,2-4,6,8-9,11-12,20H2,1H3,(H,21,29)(H,22,25,26)/t13-/m0/s1. The molecule has 9 nitrogen and oxygen atoms in total. The van der Waals surface area contributed by atoms with E-state index in [0.29, 0.717) is 24.0 Å². The number of anilines is 2. The fourth-order valence-electron chi connectivity index (χ4n) is 3.29. The van der Waals surface area contributed by atoms with Crippen LogP contribution in [0.1, 0.15) is 38.4 Å². The average molecular weight is 422 g/mol. The number of aromatic nitrogens is 2. The molecule has 29 heavy (non-hydrogen) atoms. The van der Waals surface area contributed by atoms with E-state index in [1.54, 1.807) is 23.3 Å². The summed E-state index contributed by atoms with van der Waals surface area (Å²) in [6.45, 7) is 3.89. The van der Waals surface area contributed by atoms with Crippen LogP contribution in [-0.2, 0) is 17.8 Å². The number of unbranched alkanes of at least 4 members (excludes halogenated alkanes) is 1. The van der Waals surface area contributed by atoms with Crippen molar-refractivity contribution in [3.05, 3.63) is 45.0 Å². The summed E-state index contributed by atoms with van der Waals surface area (Å²) < 4.78 is 12.4. The van der Waals surface area contributed by atoms with Gasteiger partial charge in [0.1, 0.15) is 11.6 Å². The molecule has 2 aromatic heterocycles. The first kappa shape index (κ1) is 21.1. The summed E-state index contributed by atoms with van der Waals surface area (Å²) in [5.74, 6) is 0.691. The predicted molar refractivity (Wildman–Crippen MR) is 115 cm³/mol. The van der Waals surface area contributed by atoms with Crippen LogP contribution in [0, 0.1) is 0 Å². The summed E-state index contributed by atoms with van der Waals surface area (Å²) in [7, 11) is 0. The minimum Gasteiger partial charge on any atom is -0.467 e. The summed E-state index contributed by atoms with van der Waals surface area (Å²) in [5.41, 5.74) is 5.28. The summed E-state index contributed by atoms with van der Waals surface area (Å²) in [5, 5.41) is 3.48. The van der Waals surface area contributed by atoms with Crippen molar-refractivity contribution in [2.45, 2.75) is 51.8 Å². The number of nitrogen functional groups attached to an aromatic ring is 1. The van der Waals surface area contributed by atoms with E-state index in [4.69, 9.17) is 27.1 Å². The maximum Gasteiger partial charge on any atom is 0.330 e. The Balaban J connectivity index is 1.93. The molecule has 0 radical (unpaired) electrons. The van der Waals surface area contributed by atoms with Gasteiger partial charge < -0.3 is 25.1 Å². The zero-order chi connectivity index (χ0) is 20.8. The molecule has 0 aliphatic carbocycles. The largest absolute Gasteiger partial charge is 0.467 e. The van der Waals surface area contributed by atoms with Crippen molar-refractivity contribution in [3.63, 3.8) is 0 Å². The maximum atomic E-state index is 12.7. The van der Waals surface area contributed by atoms with Crippen molar-refractivity contribution in [1.29, 1.82) is 0 Å². The Labute approximate surface area is 173 Å². The van der Waals surface area contributed by atoms with Crippen LogP contribution in [0.15, 0.2) is 32.4 Å². The van der Waals surface area contributed by atoms with Gasteiger partial charge in [-0.25, -0.2) is 4.79 Å². The van der Waals surface area contributed by atoms with Crippen LogP contribution in [0.4, 0.5) is 11.5 Å². The lowest BCUT2D eigenvalue weighted by molar-refractivity contribution is 0.114. The van der Waals surface area contributed by atoms with E-state index in [2.05, 4.69) is 10.3 Å². The van der Waals surface area contributed by atoms with E-state index in [1.807, 2.05) is 6.92 Å². The van der Waals surface area contributed by atoms with E-state index in [0.717, 1.165) is 32.3 Å². The van der Waals surface area contributed by atoms with Crippen molar-refractivity contribution in [1.82, 2.24) is 14.9 Å². The Kier molecular flexibility index (Phi) is 7.10. The smallest absolute Gasteiger partial charge is 0.330 e. The topological polar surface area (TPSA) is 119 Å². The molecule has 1 aliphatic heterocycles. The molecule has 158 valence electrons. The number of hydrogen-bond donors (Lipinski definition) is 3. The molecule has 1 atom stereocenters. The van der Waals surface area contributed by atoms with E-state index in [1.165, 1.54) is 4.57 Å². The first-order valence-electron chi connectivity index (χ1n) is 9.83. The number of thiocarbonyl (C=S) groups is 1. The average Bonchev–Trinajstić information content (AvgIpc) is 3.39. The van der Waals surface area contributed by atoms with Crippen LogP contribution in [-0.4, -0.2) is 33.9 Å². The van der Waals surface area contributed by atoms with Crippen molar-refractivity contribution >= 4 is 28.8 Å². The number of ether oxygens (including phenoxy) is 1. The molecule has 2 aromatic rings. The third-order valence-electron chi connectivity index (χ3n) is 4.86. The summed E-state index contributed by atoms with van der Waals surface area (Å²) in [6, 6.07) is 3.54. The zero-order valence-electron chi connectivity index (χ0n) is 16.5. The van der Waals surface area contributed by atoms with Crippen molar-refractivity contribution < 1.29 is 9.15 Å². The monoisotopic (exact) mass is 421 g/mol. The molecule has 0 bridgehead atoms. The van der Waals surface area contributed by atoms with Gasteiger partial charge in [-0.1, -0.05) is 13.3 Å². The van der Waals surface area contributed by atoms with Crippen LogP contribution in [0.3, 0.4) is 0 Å². The molecular formula is C19H27N5O4S. The summed E-state index contributed by atoms with van der Waals surface area (Å²) >= 11 is 5.57. The van der Waals surface area contributed by atoms with Crippen molar-refractivity contribution in [2.75, 3.05) is 23.8 Å². The molecule has 0 unspecified atom stereocenters. The normalized spacial score (nSPS) is 16.1. The highest BCUT2D eigenvalue weighted by Gasteiger charge is 2.24. The Morgan fingerprint density at radius 2 is 2.31 bits per heavy atom. The van der Waals surface area contributed by atoms with Gasteiger partial charge in [0, 0.05) is 19.7 Å². The first-order valence-corrected chi connectivity index (χ1v) is 10.2. The number of furan rings is 1. The molecule has 1 fully saturated rings. The molecule has 10 heteroatoms. The fourth-order valence-corrected chi connectivity index (χ4v) is 3.53. The highest BCUT2D eigenvalue weighted by Crippen LogP contribution is 2.21. The Hall–Kier alpha value is -2.59. The molecule has 3 rings (SSSR count). The molecule has 0 saturated carbocycles. The van der Waals surface area contributed by atoms with Gasteiger partial charge in [0.15, 0.2) is 10.8 Å². The van der Waals surface area contributed by atoms with Crippen LogP contribution >= 0.6 is 12.2 Å². The number of rotatable bonds is 8. The molecule has 1 aliphatic rings. The van der Waals surface area contributed by atoms with Crippen LogP contribution in [0.2, 0.25) is 0 Å². The maximum absolute atomic E-state index is 12.7. The van der Waals surface area contributed by atoms with Gasteiger partial charge in [0.2, 0.25) is 0 Å². The van der Waals surface area contributed by atoms with Crippen molar-refractivity contribution in [3.8, 4) is 0 Å². The highest BCUT2D eigenvalue weighted by atomic mass is 32.1. The van der Waals surface area contributed by atoms with Gasteiger partial charge >= 0.3 is 5.69 Å². The number of aromatic amines is 1. The van der Waals surface area contributed by atoms with E-state index in [9.17, 15) is 9.59 Å². The Morgan fingerprint density at radius 3 is 2.97 bits per heavy atom. The zero-order valence-corrected chi connectivity index (χ0v) is 17.3. The van der Waals surface area contributed by atoms with Gasteiger partial charge in [0.25, 0.3) is 5.56 Å². The van der Waals surface area contributed by atoms with Gasteiger partial charge in [-0.05, 0) is 43.6 Å². The number of nitrogens with one attached hydrogen (secondary N) is 2. The molecule has 0 spiro atoms. The minimum absolute atomic E-state index is 0.0764. The van der Waals surface area contributed by atoms with E-state index in [-0.39, 0.29) is 24.2 Å². The molecule has 0 aromatic carbocycles. The van der Waals surface area contributed by atoms with Gasteiger partial charge in [0.05, 0.1) is 18.9 Å². The molecular weight excluding hydrogens is 394 g/mol. The summed E-state index contributed by atoms with van der Waals surface area (Å²) in [4.78, 5) is 28.9. The Morgan fingerprint density at radius 1 is 1.48 bits per heavy atom. The Bertz CT molecular complexity index is 931. The van der Waals surface area contributed by atoms with Crippen molar-refractivity contribution in [2.24, 2.45) is 0 Å². The SMILES string of the molecule is CCCCn1c(N)c(N(Cc2ccco2)C(=S)NC[C@@H]2CCCO2)c(=O)[nH]c1=O. The van der Waals surface area contributed by atoms with Crippen LogP contribution in [0.5, 0.6) is 0 Å². The quantitative estimate of drug-likeness (QED) is 0.550. The lowest BCUT2D eigenvalue weighted by Gasteiger charge is -2.27. The number of nitrogens with zero attached hydrogens (tertiary/aromatic N) is 2. The van der Waals surface area contributed by atoms with Crippen LogP contribution in [0.25, 0.3) is 0 Å². The fraction of sp³-hybridized carbons (Fsp3) is 0.526. The van der Waals surface area contributed by atoms with Gasteiger partial charge in [-0.15, -0.1) is 0 Å².